The zero-order valence-corrected chi connectivity index (χ0v) is 11.4. The first-order valence-corrected chi connectivity index (χ1v) is 7.20. The molecule has 1 saturated carbocycles. The van der Waals surface area contributed by atoms with Crippen LogP contribution in [0.15, 0.2) is 11.7 Å². The highest BCUT2D eigenvalue weighted by Crippen LogP contribution is 2.36. The molecule has 0 bridgehead atoms. The quantitative estimate of drug-likeness (QED) is 0.510. The third-order valence-corrected chi connectivity index (χ3v) is 4.66. The Morgan fingerprint density at radius 3 is 2.31 bits per heavy atom. The summed E-state index contributed by atoms with van der Waals surface area (Å²) in [5.41, 5.74) is 0.374. The molecule has 1 saturated heterocycles. The topological polar surface area (TPSA) is 9.23 Å². The van der Waals surface area contributed by atoms with E-state index in [1.807, 2.05) is 0 Å². The molecule has 1 aliphatic carbocycles. The van der Waals surface area contributed by atoms with E-state index in [0.29, 0.717) is 34.4 Å². The fraction of sp³-hybridized carbons (Fsp3) is 0.833. The second kappa shape index (κ2) is 5.76. The molecular weight excluding hydrogens is 325 g/mol. The molecule has 2 unspecified atom stereocenters. The number of rotatable bonds is 1. The zero-order valence-electron chi connectivity index (χ0n) is 9.22. The second-order valence-corrected chi connectivity index (χ2v) is 6.51. The van der Waals surface area contributed by atoms with Crippen LogP contribution in [0.1, 0.15) is 38.5 Å². The van der Waals surface area contributed by atoms with Crippen molar-refractivity contribution in [3.63, 3.8) is 0 Å². The summed E-state index contributed by atoms with van der Waals surface area (Å²) in [7, 11) is 0. The van der Waals surface area contributed by atoms with Crippen molar-refractivity contribution in [3.05, 3.63) is 11.7 Å². The van der Waals surface area contributed by atoms with Crippen LogP contribution in [0.5, 0.6) is 0 Å². The van der Waals surface area contributed by atoms with E-state index >= 15 is 0 Å². The minimum Gasteiger partial charge on any atom is -0.377 e. The molecule has 0 radical (unpaired) electrons. The summed E-state index contributed by atoms with van der Waals surface area (Å²) in [5, 5.41) is 0. The fourth-order valence-corrected chi connectivity index (χ4v) is 3.23. The van der Waals surface area contributed by atoms with Gasteiger partial charge in [0, 0.05) is 3.92 Å². The number of halogens is 3. The highest BCUT2D eigenvalue weighted by Gasteiger charge is 2.30. The molecule has 0 amide bonds. The van der Waals surface area contributed by atoms with Crippen molar-refractivity contribution < 1.29 is 13.5 Å². The highest BCUT2D eigenvalue weighted by atomic mass is 127. The van der Waals surface area contributed by atoms with Gasteiger partial charge in [-0.2, -0.15) is 8.78 Å². The van der Waals surface area contributed by atoms with E-state index in [1.54, 1.807) is 0 Å². The SMILES string of the molecule is FC(F)=C1CCC(C2CCC(I)CO2)CC1. The average molecular weight is 342 g/mol. The van der Waals surface area contributed by atoms with Crippen LogP contribution in [0.25, 0.3) is 0 Å². The van der Waals surface area contributed by atoms with Crippen LogP contribution < -0.4 is 0 Å². The first-order chi connectivity index (χ1) is 7.66. The van der Waals surface area contributed by atoms with Gasteiger partial charge in [-0.25, -0.2) is 0 Å². The van der Waals surface area contributed by atoms with E-state index in [-0.39, 0.29) is 0 Å². The van der Waals surface area contributed by atoms with Crippen molar-refractivity contribution in [2.45, 2.75) is 48.6 Å². The molecule has 1 aliphatic heterocycles. The molecule has 92 valence electrons. The Morgan fingerprint density at radius 2 is 1.81 bits per heavy atom. The van der Waals surface area contributed by atoms with Crippen LogP contribution in [-0.4, -0.2) is 16.6 Å². The maximum absolute atomic E-state index is 12.4. The van der Waals surface area contributed by atoms with Crippen molar-refractivity contribution in [3.8, 4) is 0 Å². The standard InChI is InChI=1S/C12H17F2IO/c13-12(14)9-3-1-8(2-4-9)11-6-5-10(15)7-16-11/h8,10-11H,1-7H2. The van der Waals surface area contributed by atoms with Crippen molar-refractivity contribution in [2.24, 2.45) is 5.92 Å². The molecule has 1 heterocycles. The van der Waals surface area contributed by atoms with Crippen molar-refractivity contribution in [2.75, 3.05) is 6.61 Å². The lowest BCUT2D eigenvalue weighted by atomic mass is 9.81. The maximum atomic E-state index is 12.4. The lowest BCUT2D eigenvalue weighted by Gasteiger charge is -2.35. The lowest BCUT2D eigenvalue weighted by molar-refractivity contribution is -0.0228. The van der Waals surface area contributed by atoms with E-state index in [1.165, 1.54) is 6.42 Å². The van der Waals surface area contributed by atoms with Crippen molar-refractivity contribution in [1.29, 1.82) is 0 Å². The molecule has 2 atom stereocenters. The Morgan fingerprint density at radius 1 is 1.12 bits per heavy atom. The van der Waals surface area contributed by atoms with Crippen LogP contribution >= 0.6 is 22.6 Å². The predicted molar refractivity (Wildman–Crippen MR) is 68.0 cm³/mol. The minimum absolute atomic E-state index is 0.329. The zero-order chi connectivity index (χ0) is 11.5. The van der Waals surface area contributed by atoms with Crippen LogP contribution in [-0.2, 0) is 4.74 Å². The molecule has 0 spiro atoms. The first-order valence-electron chi connectivity index (χ1n) is 5.95. The van der Waals surface area contributed by atoms with Gasteiger partial charge in [0.1, 0.15) is 0 Å². The Kier molecular flexibility index (Phi) is 4.58. The van der Waals surface area contributed by atoms with E-state index in [2.05, 4.69) is 22.6 Å². The fourth-order valence-electron chi connectivity index (χ4n) is 2.66. The Balaban J connectivity index is 1.83. The molecule has 0 N–H and O–H groups in total. The number of allylic oxidation sites excluding steroid dienone is 1. The van der Waals surface area contributed by atoms with Gasteiger partial charge in [-0.05, 0) is 50.0 Å². The van der Waals surface area contributed by atoms with Gasteiger partial charge in [-0.3, -0.25) is 0 Å². The third kappa shape index (κ3) is 3.15. The largest absolute Gasteiger partial charge is 0.377 e. The third-order valence-electron chi connectivity index (χ3n) is 3.68. The van der Waals surface area contributed by atoms with Gasteiger partial charge in [0.15, 0.2) is 0 Å². The van der Waals surface area contributed by atoms with Crippen LogP contribution in [0.3, 0.4) is 0 Å². The van der Waals surface area contributed by atoms with Gasteiger partial charge in [-0.1, -0.05) is 22.6 Å². The van der Waals surface area contributed by atoms with Crippen LogP contribution in [0.2, 0.25) is 0 Å². The first kappa shape index (κ1) is 12.7. The second-order valence-electron chi connectivity index (χ2n) is 4.75. The van der Waals surface area contributed by atoms with Crippen LogP contribution in [0.4, 0.5) is 8.78 Å². The van der Waals surface area contributed by atoms with Gasteiger partial charge < -0.3 is 4.74 Å². The molecule has 0 aromatic rings. The summed E-state index contributed by atoms with van der Waals surface area (Å²) in [6.45, 7) is 0.835. The van der Waals surface area contributed by atoms with E-state index in [4.69, 9.17) is 4.74 Å². The predicted octanol–water partition coefficient (Wildman–Crippen LogP) is 4.31. The monoisotopic (exact) mass is 342 g/mol. The van der Waals surface area contributed by atoms with Gasteiger partial charge in [-0.15, -0.1) is 0 Å². The molecule has 16 heavy (non-hydrogen) atoms. The summed E-state index contributed by atoms with van der Waals surface area (Å²) in [5.74, 6) is 0.506. The number of alkyl halides is 1. The molecule has 2 fully saturated rings. The highest BCUT2D eigenvalue weighted by molar-refractivity contribution is 14.1. The van der Waals surface area contributed by atoms with Crippen molar-refractivity contribution >= 4 is 22.6 Å². The van der Waals surface area contributed by atoms with Gasteiger partial charge in [0.05, 0.1) is 12.7 Å². The molecule has 2 aliphatic rings. The molecule has 1 nitrogen and oxygen atoms in total. The number of hydrogen-bond donors (Lipinski definition) is 0. The summed E-state index contributed by atoms with van der Waals surface area (Å²) >= 11 is 2.42. The summed E-state index contributed by atoms with van der Waals surface area (Å²) < 4.78 is 31.2. The maximum Gasteiger partial charge on any atom is 0.269 e. The van der Waals surface area contributed by atoms with Gasteiger partial charge in [0.25, 0.3) is 6.08 Å². The van der Waals surface area contributed by atoms with E-state index in [0.717, 1.165) is 25.9 Å². The Labute approximate surface area is 109 Å². The Hall–Kier alpha value is 0.290. The molecule has 2 rings (SSSR count). The van der Waals surface area contributed by atoms with Gasteiger partial charge in [0.2, 0.25) is 0 Å². The molecule has 0 aromatic carbocycles. The minimum atomic E-state index is -1.45. The molecule has 4 heteroatoms. The summed E-state index contributed by atoms with van der Waals surface area (Å²) in [4.78, 5) is 0. The number of hydrogen-bond acceptors (Lipinski definition) is 1. The summed E-state index contributed by atoms with van der Waals surface area (Å²) in [6.07, 6.45) is 4.09. The number of ether oxygens (including phenoxy) is 1. The molecule has 0 aromatic heterocycles. The van der Waals surface area contributed by atoms with Crippen LogP contribution in [0, 0.1) is 5.92 Å². The van der Waals surface area contributed by atoms with Gasteiger partial charge >= 0.3 is 0 Å². The average Bonchev–Trinajstić information content (AvgIpc) is 2.30. The normalized spacial score (nSPS) is 36.2. The smallest absolute Gasteiger partial charge is 0.269 e. The van der Waals surface area contributed by atoms with E-state index in [9.17, 15) is 8.78 Å². The molecular formula is C12H17F2IO. The van der Waals surface area contributed by atoms with Crippen molar-refractivity contribution in [1.82, 2.24) is 0 Å². The Bertz CT molecular complexity index is 258. The summed E-state index contributed by atoms with van der Waals surface area (Å²) in [6, 6.07) is 0. The van der Waals surface area contributed by atoms with E-state index < -0.39 is 6.08 Å². The lowest BCUT2D eigenvalue weighted by Crippen LogP contribution is -2.33.